The minimum absolute atomic E-state index is 0. The molecular formula is C40H37F4N11O4. The third-order valence-electron chi connectivity index (χ3n) is 9.75. The maximum atomic E-state index is 14.2. The van der Waals surface area contributed by atoms with Crippen LogP contribution in [0.5, 0.6) is 0 Å². The van der Waals surface area contributed by atoms with E-state index >= 15 is 0 Å². The van der Waals surface area contributed by atoms with E-state index in [4.69, 9.17) is 12.4 Å². The number of aromatic nitrogens is 6. The summed E-state index contributed by atoms with van der Waals surface area (Å²) in [5.41, 5.74) is 12.1. The van der Waals surface area contributed by atoms with Gasteiger partial charge in [0.25, 0.3) is 0 Å². The van der Waals surface area contributed by atoms with Gasteiger partial charge in [-0.2, -0.15) is 10.2 Å². The Hall–Kier alpha value is -7.28. The predicted octanol–water partition coefficient (Wildman–Crippen LogP) is 6.48. The van der Waals surface area contributed by atoms with E-state index in [1.165, 1.54) is 89.6 Å². The fourth-order valence-corrected chi connectivity index (χ4v) is 7.22. The Labute approximate surface area is 337 Å². The summed E-state index contributed by atoms with van der Waals surface area (Å²) >= 11 is 0. The van der Waals surface area contributed by atoms with Crippen molar-refractivity contribution in [2.75, 3.05) is 17.2 Å². The minimum atomic E-state index is -1.83. The SMILES string of the molecule is N=N.O.[2H]C1(c2ccc(F)cc2)Nc2cc(F)cc(C(C)=O)c2C(=O)C1c1ncnn1C.[2H]C1(c2ccc(F)cc2)Nc2cc(F)cc3c2C(=NCC3=O)C1c1ncnn1C.[HH]. The Morgan fingerprint density at radius 2 is 1.22 bits per heavy atom. The highest BCUT2D eigenvalue weighted by atomic mass is 19.1. The largest absolute Gasteiger partial charge is 0.412 e. The zero-order chi connectivity index (χ0) is 43.3. The van der Waals surface area contributed by atoms with Gasteiger partial charge < -0.3 is 16.1 Å². The number of ketones is 3. The lowest BCUT2D eigenvalue weighted by Gasteiger charge is -2.37. The molecule has 0 spiro atoms. The Kier molecular flexibility index (Phi) is 10.9. The quantitative estimate of drug-likeness (QED) is 0.0848. The molecule has 19 heteroatoms. The van der Waals surface area contributed by atoms with E-state index in [0.29, 0.717) is 28.4 Å². The summed E-state index contributed by atoms with van der Waals surface area (Å²) in [7, 11) is 3.27. The molecule has 4 unspecified atom stereocenters. The molecule has 0 bridgehead atoms. The Balaban J connectivity index is 0.000000218. The molecule has 0 amide bonds. The predicted molar refractivity (Wildman–Crippen MR) is 207 cm³/mol. The summed E-state index contributed by atoms with van der Waals surface area (Å²) in [6.45, 7) is 1.10. The normalized spacial score (nSPS) is 21.5. The van der Waals surface area contributed by atoms with Crippen LogP contribution in [-0.4, -0.2) is 64.6 Å². The number of benzene rings is 4. The van der Waals surface area contributed by atoms with Crippen LogP contribution >= 0.6 is 0 Å². The van der Waals surface area contributed by atoms with Crippen molar-refractivity contribution in [3.8, 4) is 0 Å². The highest BCUT2D eigenvalue weighted by Crippen LogP contribution is 2.46. The number of carbonyl (C=O) groups is 3. The standard InChI is InChI=1S/C20H15F2N5O.C20H16F2N4O2.H2N2.H2O.H2/c1-27-20(24-9-25-27)17-18(10-2-4-11(21)5-3-10)26-14-7-12(22)6-13-15(28)8-23-19(17)16(13)14;1-10(27)14-7-13(22)8-15-16(14)19(28)17(20-23-9-24-26(20)2)18(25-15)11-3-5-12(21)6-4-11;1-2;;/h2-7,9,17-18,26H,8H2,1H3;3-9,17-18,25H,1-2H3;1-2H;1H2;1H/i2*18D;;;. The molecule has 4 atom stereocenters. The molecule has 5 heterocycles. The third kappa shape index (κ3) is 7.62. The summed E-state index contributed by atoms with van der Waals surface area (Å²) in [5.74, 6) is -4.91. The van der Waals surface area contributed by atoms with E-state index in [1.54, 1.807) is 14.1 Å². The summed E-state index contributed by atoms with van der Waals surface area (Å²) in [6, 6.07) is 11.7. The van der Waals surface area contributed by atoms with E-state index in [2.05, 4.69) is 35.8 Å². The lowest BCUT2D eigenvalue weighted by molar-refractivity contribution is 0.0925. The molecule has 3 aliphatic heterocycles. The van der Waals surface area contributed by atoms with Crippen molar-refractivity contribution in [1.29, 1.82) is 11.1 Å². The fourth-order valence-electron chi connectivity index (χ4n) is 7.22. The average molecular weight is 814 g/mol. The van der Waals surface area contributed by atoms with Crippen LogP contribution < -0.4 is 10.6 Å². The summed E-state index contributed by atoms with van der Waals surface area (Å²) in [6.07, 6.45) is 2.62. The topological polar surface area (TPSA) is 228 Å². The first kappa shape index (κ1) is 38.6. The number of hydrogen-bond acceptors (Lipinski definition) is 12. The van der Waals surface area contributed by atoms with E-state index in [1.807, 2.05) is 0 Å². The molecule has 0 radical (unpaired) electrons. The Morgan fingerprint density at radius 1 is 0.746 bits per heavy atom. The zero-order valence-corrected chi connectivity index (χ0v) is 31.3. The smallest absolute Gasteiger partial charge is 0.185 e. The molecule has 6 N–H and O–H groups in total. The van der Waals surface area contributed by atoms with Gasteiger partial charge in [0.1, 0.15) is 60.0 Å². The fraction of sp³-hybridized carbons (Fsp3) is 0.200. The zero-order valence-electron chi connectivity index (χ0n) is 33.3. The number of halogens is 4. The van der Waals surface area contributed by atoms with Gasteiger partial charge in [-0.25, -0.2) is 38.6 Å². The van der Waals surface area contributed by atoms with Crippen LogP contribution in [-0.2, 0) is 14.1 Å². The van der Waals surface area contributed by atoms with Gasteiger partial charge in [0.15, 0.2) is 17.3 Å². The highest BCUT2D eigenvalue weighted by molar-refractivity contribution is 6.21. The van der Waals surface area contributed by atoms with Crippen LogP contribution in [0.15, 0.2) is 90.4 Å². The van der Waals surface area contributed by atoms with Crippen molar-refractivity contribution in [3.63, 3.8) is 0 Å². The molecule has 0 fully saturated rings. The van der Waals surface area contributed by atoms with Crippen molar-refractivity contribution in [3.05, 3.63) is 154 Å². The molecule has 0 aliphatic carbocycles. The molecule has 304 valence electrons. The first-order valence-corrected chi connectivity index (χ1v) is 17.4. The van der Waals surface area contributed by atoms with Crippen LogP contribution in [0.4, 0.5) is 28.9 Å². The van der Waals surface area contributed by atoms with Crippen LogP contribution in [0.2, 0.25) is 0 Å². The molecule has 6 aromatic rings. The van der Waals surface area contributed by atoms with Gasteiger partial charge in [0, 0.05) is 43.6 Å². The summed E-state index contributed by atoms with van der Waals surface area (Å²) in [5, 5.41) is 14.1. The molecule has 59 heavy (non-hydrogen) atoms. The lowest BCUT2D eigenvalue weighted by Crippen LogP contribution is -2.37. The Morgan fingerprint density at radius 3 is 1.71 bits per heavy atom. The Bertz CT molecular complexity index is 2730. The van der Waals surface area contributed by atoms with Crippen molar-refractivity contribution in [1.82, 2.24) is 29.5 Å². The monoisotopic (exact) mass is 813 g/mol. The number of Topliss-reactive ketones (excluding diaryl/α,β-unsaturated/α-hetero) is 3. The molecular weight excluding hydrogens is 775 g/mol. The second kappa shape index (κ2) is 16.7. The number of hydrogen-bond donors (Lipinski definition) is 4. The number of aliphatic imine (C=N–C) groups is 1. The van der Waals surface area contributed by atoms with Gasteiger partial charge in [-0.3, -0.25) is 28.7 Å². The van der Waals surface area contributed by atoms with Crippen molar-refractivity contribution >= 4 is 34.4 Å². The van der Waals surface area contributed by atoms with Gasteiger partial charge >= 0.3 is 0 Å². The van der Waals surface area contributed by atoms with Crippen LogP contribution in [0, 0.1) is 34.3 Å². The van der Waals surface area contributed by atoms with E-state index in [0.717, 1.165) is 12.1 Å². The highest BCUT2D eigenvalue weighted by Gasteiger charge is 2.43. The molecule has 2 aromatic heterocycles. The van der Waals surface area contributed by atoms with Crippen LogP contribution in [0.3, 0.4) is 0 Å². The molecule has 15 nitrogen and oxygen atoms in total. The second-order valence-electron chi connectivity index (χ2n) is 13.2. The molecule has 9 rings (SSSR count). The summed E-state index contributed by atoms with van der Waals surface area (Å²) < 4.78 is 76.7. The number of fused-ring (bicyclic) bond motifs is 1. The van der Waals surface area contributed by atoms with Crippen LogP contribution in [0.1, 0.15) is 94.4 Å². The maximum absolute atomic E-state index is 14.2. The molecule has 0 saturated heterocycles. The van der Waals surface area contributed by atoms with E-state index in [-0.39, 0.29) is 53.0 Å². The van der Waals surface area contributed by atoms with Crippen LogP contribution in [0.25, 0.3) is 0 Å². The molecule has 0 saturated carbocycles. The average Bonchev–Trinajstić information content (AvgIpc) is 3.83. The molecule has 3 aliphatic rings. The van der Waals surface area contributed by atoms with Crippen molar-refractivity contribution in [2.45, 2.75) is 30.8 Å². The third-order valence-corrected chi connectivity index (χ3v) is 9.75. The first-order valence-electron chi connectivity index (χ1n) is 18.4. The first-order chi connectivity index (χ1) is 28.6. The number of anilines is 2. The number of nitrogens with one attached hydrogen (secondary N) is 4. The lowest BCUT2D eigenvalue weighted by atomic mass is 9.78. The number of nitrogens with zero attached hydrogens (tertiary/aromatic N) is 7. The number of aryl methyl sites for hydroxylation is 2. The second-order valence-corrected chi connectivity index (χ2v) is 13.2. The number of rotatable bonds is 5. The van der Waals surface area contributed by atoms with Gasteiger partial charge in [-0.15, -0.1) is 0 Å². The van der Waals surface area contributed by atoms with Gasteiger partial charge in [0.2, 0.25) is 0 Å². The van der Waals surface area contributed by atoms with E-state index < -0.39 is 58.7 Å². The van der Waals surface area contributed by atoms with Gasteiger partial charge in [-0.1, -0.05) is 24.3 Å². The summed E-state index contributed by atoms with van der Waals surface area (Å²) in [4.78, 5) is 50.9. The maximum Gasteiger partial charge on any atom is 0.185 e. The van der Waals surface area contributed by atoms with Gasteiger partial charge in [-0.05, 0) is 66.6 Å². The minimum Gasteiger partial charge on any atom is -0.412 e. The van der Waals surface area contributed by atoms with Crippen molar-refractivity contribution in [2.24, 2.45) is 19.1 Å². The van der Waals surface area contributed by atoms with Gasteiger partial charge in [0.05, 0.1) is 32.0 Å². The van der Waals surface area contributed by atoms with E-state index in [9.17, 15) is 33.3 Å². The number of carbonyl (C=O) groups excluding carboxylic acids is 3. The molecule has 4 aromatic carbocycles. The van der Waals surface area contributed by atoms with Crippen molar-refractivity contribution < 1.29 is 41.6 Å².